The maximum Gasteiger partial charge on any atom is 0.234 e. The van der Waals surface area contributed by atoms with Crippen LogP contribution in [0.1, 0.15) is 35.3 Å². The Morgan fingerprint density at radius 3 is 2.64 bits per heavy atom. The standard InChI is InChI=1S/C22H25ClN2O3/c1-16(19-9-5-6-10-20(19)23)24-22(27)14-25-11-12-28-15-18(25)13-21(26)17-7-3-2-4-8-17/h2-10,16,18H,11-15H2,1H3,(H,24,27)/t16-,18+/m1/s1. The molecule has 0 bridgehead atoms. The van der Waals surface area contributed by atoms with E-state index in [1.807, 2.05) is 66.4 Å². The van der Waals surface area contributed by atoms with Gasteiger partial charge in [0.05, 0.1) is 25.8 Å². The van der Waals surface area contributed by atoms with E-state index >= 15 is 0 Å². The number of ether oxygens (including phenoxy) is 1. The molecule has 6 heteroatoms. The van der Waals surface area contributed by atoms with E-state index in [1.165, 1.54) is 0 Å². The molecule has 1 N–H and O–H groups in total. The number of benzene rings is 2. The lowest BCUT2D eigenvalue weighted by Crippen LogP contribution is -2.50. The van der Waals surface area contributed by atoms with E-state index in [4.69, 9.17) is 16.3 Å². The maximum absolute atomic E-state index is 12.6. The van der Waals surface area contributed by atoms with Gasteiger partial charge in [-0.1, -0.05) is 60.1 Å². The van der Waals surface area contributed by atoms with Crippen molar-refractivity contribution < 1.29 is 14.3 Å². The molecule has 148 valence electrons. The van der Waals surface area contributed by atoms with E-state index in [1.54, 1.807) is 0 Å². The summed E-state index contributed by atoms with van der Waals surface area (Å²) in [6.45, 7) is 3.77. The number of carbonyl (C=O) groups excluding carboxylic acids is 2. The van der Waals surface area contributed by atoms with Crippen LogP contribution in [-0.4, -0.2) is 48.9 Å². The number of rotatable bonds is 7. The molecule has 3 rings (SSSR count). The third-order valence-electron chi connectivity index (χ3n) is 4.96. The average Bonchev–Trinajstić information content (AvgIpc) is 2.70. The number of hydrogen-bond acceptors (Lipinski definition) is 4. The van der Waals surface area contributed by atoms with Gasteiger partial charge in [-0.15, -0.1) is 0 Å². The molecule has 2 aromatic carbocycles. The molecule has 0 radical (unpaired) electrons. The van der Waals surface area contributed by atoms with Crippen molar-refractivity contribution in [2.75, 3.05) is 26.3 Å². The monoisotopic (exact) mass is 400 g/mol. The molecule has 0 spiro atoms. The first-order chi connectivity index (χ1) is 13.5. The molecule has 5 nitrogen and oxygen atoms in total. The smallest absolute Gasteiger partial charge is 0.234 e. The van der Waals surface area contributed by atoms with Crippen molar-refractivity contribution in [1.29, 1.82) is 0 Å². The highest BCUT2D eigenvalue weighted by Crippen LogP contribution is 2.22. The molecule has 0 saturated carbocycles. The number of morpholine rings is 1. The van der Waals surface area contributed by atoms with Crippen LogP contribution in [0.2, 0.25) is 5.02 Å². The lowest BCUT2D eigenvalue weighted by molar-refractivity contribution is -0.125. The number of Topliss-reactive ketones (excluding diaryl/α,β-unsaturated/α-hetero) is 1. The van der Waals surface area contributed by atoms with Gasteiger partial charge in [-0.3, -0.25) is 14.5 Å². The van der Waals surface area contributed by atoms with Gasteiger partial charge in [-0.25, -0.2) is 0 Å². The first-order valence-corrected chi connectivity index (χ1v) is 9.86. The van der Waals surface area contributed by atoms with Crippen LogP contribution >= 0.6 is 11.6 Å². The fourth-order valence-electron chi connectivity index (χ4n) is 3.42. The molecule has 1 heterocycles. The predicted octanol–water partition coefficient (Wildman–Crippen LogP) is 3.49. The van der Waals surface area contributed by atoms with Crippen LogP contribution in [-0.2, 0) is 9.53 Å². The molecule has 1 aliphatic rings. The Morgan fingerprint density at radius 2 is 1.89 bits per heavy atom. The molecular formula is C22H25ClN2O3. The Hall–Kier alpha value is -2.21. The van der Waals surface area contributed by atoms with Crippen LogP contribution in [0, 0.1) is 0 Å². The van der Waals surface area contributed by atoms with E-state index in [0.717, 1.165) is 5.56 Å². The maximum atomic E-state index is 12.6. The molecule has 28 heavy (non-hydrogen) atoms. The molecule has 2 atom stereocenters. The Bertz CT molecular complexity index is 812. The Balaban J connectivity index is 1.58. The van der Waals surface area contributed by atoms with Crippen LogP contribution < -0.4 is 5.32 Å². The van der Waals surface area contributed by atoms with Gasteiger partial charge in [0.15, 0.2) is 5.78 Å². The van der Waals surface area contributed by atoms with Crippen molar-refractivity contribution in [3.05, 3.63) is 70.7 Å². The van der Waals surface area contributed by atoms with E-state index < -0.39 is 0 Å². The van der Waals surface area contributed by atoms with Crippen molar-refractivity contribution >= 4 is 23.3 Å². The van der Waals surface area contributed by atoms with Crippen LogP contribution in [0.4, 0.5) is 0 Å². The van der Waals surface area contributed by atoms with Crippen molar-refractivity contribution in [1.82, 2.24) is 10.2 Å². The van der Waals surface area contributed by atoms with Gasteiger partial charge in [0, 0.05) is 29.6 Å². The number of halogens is 1. The van der Waals surface area contributed by atoms with Gasteiger partial charge in [0.25, 0.3) is 0 Å². The summed E-state index contributed by atoms with van der Waals surface area (Å²) in [7, 11) is 0. The summed E-state index contributed by atoms with van der Waals surface area (Å²) in [5.74, 6) is -0.0302. The summed E-state index contributed by atoms with van der Waals surface area (Å²) >= 11 is 6.22. The fraction of sp³-hybridized carbons (Fsp3) is 0.364. The molecule has 1 aliphatic heterocycles. The number of hydrogen-bond donors (Lipinski definition) is 1. The molecular weight excluding hydrogens is 376 g/mol. The highest BCUT2D eigenvalue weighted by Gasteiger charge is 2.27. The highest BCUT2D eigenvalue weighted by atomic mass is 35.5. The van der Waals surface area contributed by atoms with Crippen molar-refractivity contribution in [3.8, 4) is 0 Å². The van der Waals surface area contributed by atoms with E-state index in [9.17, 15) is 9.59 Å². The van der Waals surface area contributed by atoms with Crippen LogP contribution in [0.5, 0.6) is 0 Å². The summed E-state index contributed by atoms with van der Waals surface area (Å²) in [6.07, 6.45) is 0.331. The van der Waals surface area contributed by atoms with Crippen molar-refractivity contribution in [2.24, 2.45) is 0 Å². The van der Waals surface area contributed by atoms with Gasteiger partial charge in [0.2, 0.25) is 5.91 Å². The zero-order valence-corrected chi connectivity index (χ0v) is 16.7. The van der Waals surface area contributed by atoms with E-state index in [-0.39, 0.29) is 30.3 Å². The number of amides is 1. The lowest BCUT2D eigenvalue weighted by Gasteiger charge is -2.35. The molecule has 1 fully saturated rings. The van der Waals surface area contributed by atoms with Gasteiger partial charge in [-0.05, 0) is 18.6 Å². The molecule has 1 saturated heterocycles. The third-order valence-corrected chi connectivity index (χ3v) is 5.31. The van der Waals surface area contributed by atoms with Gasteiger partial charge >= 0.3 is 0 Å². The zero-order chi connectivity index (χ0) is 19.9. The molecule has 0 unspecified atom stereocenters. The minimum Gasteiger partial charge on any atom is -0.378 e. The average molecular weight is 401 g/mol. The predicted molar refractivity (Wildman–Crippen MR) is 110 cm³/mol. The quantitative estimate of drug-likeness (QED) is 0.723. The number of ketones is 1. The van der Waals surface area contributed by atoms with Crippen molar-refractivity contribution in [3.63, 3.8) is 0 Å². The Kier molecular flexibility index (Phi) is 7.20. The normalized spacial score (nSPS) is 18.4. The first kappa shape index (κ1) is 20.5. The van der Waals surface area contributed by atoms with E-state index in [0.29, 0.717) is 36.8 Å². The largest absolute Gasteiger partial charge is 0.378 e. The molecule has 1 amide bonds. The summed E-state index contributed by atoms with van der Waals surface area (Å²) < 4.78 is 5.55. The van der Waals surface area contributed by atoms with Crippen LogP contribution in [0.25, 0.3) is 0 Å². The van der Waals surface area contributed by atoms with Gasteiger partial charge < -0.3 is 10.1 Å². The van der Waals surface area contributed by atoms with Gasteiger partial charge in [0.1, 0.15) is 0 Å². The SMILES string of the molecule is C[C@@H](NC(=O)CN1CCOC[C@@H]1CC(=O)c1ccccc1)c1ccccc1Cl. The second-order valence-electron chi connectivity index (χ2n) is 7.00. The second-order valence-corrected chi connectivity index (χ2v) is 7.41. The second kappa shape index (κ2) is 9.82. The fourth-order valence-corrected chi connectivity index (χ4v) is 3.72. The summed E-state index contributed by atoms with van der Waals surface area (Å²) in [5, 5.41) is 3.63. The summed E-state index contributed by atoms with van der Waals surface area (Å²) in [6, 6.07) is 16.4. The Labute approximate surface area is 170 Å². The number of nitrogens with one attached hydrogen (secondary N) is 1. The van der Waals surface area contributed by atoms with Crippen molar-refractivity contribution in [2.45, 2.75) is 25.4 Å². The number of carbonyl (C=O) groups is 2. The van der Waals surface area contributed by atoms with Gasteiger partial charge in [-0.2, -0.15) is 0 Å². The highest BCUT2D eigenvalue weighted by molar-refractivity contribution is 6.31. The molecule has 0 aliphatic carbocycles. The minimum absolute atomic E-state index is 0.0611. The lowest BCUT2D eigenvalue weighted by atomic mass is 10.0. The minimum atomic E-state index is -0.188. The summed E-state index contributed by atoms with van der Waals surface area (Å²) in [5.41, 5.74) is 1.57. The number of nitrogens with zero attached hydrogens (tertiary/aromatic N) is 1. The Morgan fingerprint density at radius 1 is 1.18 bits per heavy atom. The zero-order valence-electron chi connectivity index (χ0n) is 15.9. The first-order valence-electron chi connectivity index (χ1n) is 9.48. The molecule has 2 aromatic rings. The summed E-state index contributed by atoms with van der Waals surface area (Å²) in [4.78, 5) is 27.2. The van der Waals surface area contributed by atoms with Crippen LogP contribution in [0.15, 0.2) is 54.6 Å². The van der Waals surface area contributed by atoms with E-state index in [2.05, 4.69) is 5.32 Å². The topological polar surface area (TPSA) is 58.6 Å². The molecule has 0 aromatic heterocycles. The third kappa shape index (κ3) is 5.41. The van der Waals surface area contributed by atoms with Crippen LogP contribution in [0.3, 0.4) is 0 Å².